The van der Waals surface area contributed by atoms with E-state index in [9.17, 15) is 14.4 Å². The molecule has 3 aromatic carbocycles. The normalized spacial score (nSPS) is 22.8. The van der Waals surface area contributed by atoms with Gasteiger partial charge in [0.05, 0.1) is 31.5 Å². The molecule has 1 saturated heterocycles. The average Bonchev–Trinajstić information content (AvgIpc) is 3.14. The predicted octanol–water partition coefficient (Wildman–Crippen LogP) is 7.80. The van der Waals surface area contributed by atoms with E-state index >= 15 is 8.78 Å². The lowest BCUT2D eigenvalue weighted by Crippen LogP contribution is -2.69. The summed E-state index contributed by atoms with van der Waals surface area (Å²) in [4.78, 5) is 39.7. The zero-order valence-corrected chi connectivity index (χ0v) is 31.6. The first kappa shape index (κ1) is 41.6. The number of amides is 2. The molecule has 0 aliphatic carbocycles. The van der Waals surface area contributed by atoms with E-state index in [2.05, 4.69) is 10.6 Å². The summed E-state index contributed by atoms with van der Waals surface area (Å²) in [6.45, 7) is 10.2. The summed E-state index contributed by atoms with van der Waals surface area (Å²) in [7, 11) is 0. The fourth-order valence-electron chi connectivity index (χ4n) is 6.63. The Hall–Kier alpha value is -4.19. The fourth-order valence-corrected chi connectivity index (χ4v) is 6.63. The molecule has 1 fully saturated rings. The molecule has 288 valence electrons. The number of ketones is 1. The highest BCUT2D eigenvalue weighted by molar-refractivity contribution is 5.91. The summed E-state index contributed by atoms with van der Waals surface area (Å²) in [5, 5.41) is 5.15. The van der Waals surface area contributed by atoms with Gasteiger partial charge in [-0.1, -0.05) is 112 Å². The van der Waals surface area contributed by atoms with Gasteiger partial charge in [-0.25, -0.2) is 13.6 Å². The highest BCUT2D eigenvalue weighted by atomic mass is 19.3. The number of hydrogen-bond acceptors (Lipinski definition) is 7. The van der Waals surface area contributed by atoms with Crippen LogP contribution in [0.1, 0.15) is 77.5 Å². The van der Waals surface area contributed by atoms with E-state index in [0.29, 0.717) is 12.0 Å². The van der Waals surface area contributed by atoms with Crippen molar-refractivity contribution in [3.63, 3.8) is 0 Å². The van der Waals surface area contributed by atoms with Gasteiger partial charge in [-0.05, 0) is 43.9 Å². The predicted molar refractivity (Wildman–Crippen MR) is 198 cm³/mol. The quantitative estimate of drug-likeness (QED) is 0.137. The van der Waals surface area contributed by atoms with E-state index in [1.807, 2.05) is 80.6 Å². The number of ether oxygens (including phenoxy) is 4. The van der Waals surface area contributed by atoms with E-state index < -0.39 is 66.0 Å². The number of alkyl halides is 2. The van der Waals surface area contributed by atoms with Crippen molar-refractivity contribution in [2.24, 2.45) is 11.8 Å². The number of Topliss-reactive ketones (excluding diaryl/α,β-unsaturated/α-hetero) is 1. The van der Waals surface area contributed by atoms with Gasteiger partial charge in [0.2, 0.25) is 5.91 Å². The number of carbonyl (C=O) groups excluding carboxylic acids is 3. The van der Waals surface area contributed by atoms with Crippen molar-refractivity contribution in [3.05, 3.63) is 108 Å². The molecule has 0 radical (unpaired) electrons. The van der Waals surface area contributed by atoms with Gasteiger partial charge < -0.3 is 29.6 Å². The fraction of sp³-hybridized carbons (Fsp3) is 0.500. The van der Waals surface area contributed by atoms with Gasteiger partial charge in [-0.15, -0.1) is 0 Å². The molecule has 53 heavy (non-hydrogen) atoms. The van der Waals surface area contributed by atoms with E-state index in [-0.39, 0.29) is 38.2 Å². The van der Waals surface area contributed by atoms with Gasteiger partial charge >= 0.3 is 6.09 Å². The summed E-state index contributed by atoms with van der Waals surface area (Å²) >= 11 is 0. The van der Waals surface area contributed by atoms with Gasteiger partial charge in [-0.3, -0.25) is 9.59 Å². The van der Waals surface area contributed by atoms with Gasteiger partial charge in [0, 0.05) is 30.7 Å². The Morgan fingerprint density at radius 1 is 0.811 bits per heavy atom. The molecule has 1 aliphatic rings. The molecule has 0 bridgehead atoms. The second kappa shape index (κ2) is 19.2. The number of hydrogen-bond donors (Lipinski definition) is 2. The highest BCUT2D eigenvalue weighted by Gasteiger charge is 2.64. The molecular weight excluding hydrogens is 682 g/mol. The lowest BCUT2D eigenvalue weighted by molar-refractivity contribution is -0.332. The molecule has 4 rings (SSSR count). The zero-order chi connectivity index (χ0) is 38.6. The van der Waals surface area contributed by atoms with Gasteiger partial charge in [0.25, 0.3) is 5.92 Å². The Morgan fingerprint density at radius 2 is 1.32 bits per heavy atom. The van der Waals surface area contributed by atoms with E-state index in [0.717, 1.165) is 11.1 Å². The molecule has 1 aliphatic heterocycles. The monoisotopic (exact) mass is 736 g/mol. The molecule has 7 atom stereocenters. The SMILES string of the molecule is CC[C@H]1O[C@@](C)(C(F)(F)CC(NC(=O)OCc2ccccc2)C(=O)C[C@@H](C)C(=O)NC(C)C)[C@H](OCc2ccccc2)[C@@H](OCc2ccccc2)[C@H]1C. The van der Waals surface area contributed by atoms with Crippen molar-refractivity contribution in [2.75, 3.05) is 0 Å². The van der Waals surface area contributed by atoms with Crippen LogP contribution in [0.3, 0.4) is 0 Å². The van der Waals surface area contributed by atoms with E-state index in [1.54, 1.807) is 45.0 Å². The minimum absolute atomic E-state index is 0.00411. The molecule has 9 nitrogen and oxygen atoms in total. The molecule has 2 N–H and O–H groups in total. The van der Waals surface area contributed by atoms with Crippen LogP contribution in [0.15, 0.2) is 91.0 Å². The number of halogens is 2. The number of carbonyl (C=O) groups is 3. The van der Waals surface area contributed by atoms with Crippen LogP contribution in [0.2, 0.25) is 0 Å². The van der Waals surface area contributed by atoms with Crippen LogP contribution < -0.4 is 10.6 Å². The largest absolute Gasteiger partial charge is 0.445 e. The maximum atomic E-state index is 17.3. The van der Waals surface area contributed by atoms with Gasteiger partial charge in [-0.2, -0.15) is 0 Å². The zero-order valence-electron chi connectivity index (χ0n) is 31.6. The van der Waals surface area contributed by atoms with E-state index in [4.69, 9.17) is 18.9 Å². The maximum Gasteiger partial charge on any atom is 0.408 e. The minimum Gasteiger partial charge on any atom is -0.445 e. The topological polar surface area (TPSA) is 112 Å². The minimum atomic E-state index is -3.77. The first-order valence-electron chi connectivity index (χ1n) is 18.4. The highest BCUT2D eigenvalue weighted by Crippen LogP contribution is 2.48. The van der Waals surface area contributed by atoms with Crippen molar-refractivity contribution in [2.45, 2.75) is 123 Å². The summed E-state index contributed by atoms with van der Waals surface area (Å²) in [5.74, 6) is -6.09. The average molecular weight is 737 g/mol. The van der Waals surface area contributed by atoms with E-state index in [1.165, 1.54) is 6.92 Å². The lowest BCUT2D eigenvalue weighted by Gasteiger charge is -2.54. The molecule has 1 unspecified atom stereocenters. The summed E-state index contributed by atoms with van der Waals surface area (Å²) < 4.78 is 59.3. The van der Waals surface area contributed by atoms with Crippen molar-refractivity contribution in [3.8, 4) is 0 Å². The molecule has 0 aromatic heterocycles. The van der Waals surface area contributed by atoms with Crippen molar-refractivity contribution in [1.82, 2.24) is 10.6 Å². The molecule has 3 aromatic rings. The third-order valence-corrected chi connectivity index (χ3v) is 9.77. The Bertz CT molecular complexity index is 1590. The number of alkyl carbamates (subject to hydrolysis) is 1. The van der Waals surface area contributed by atoms with Crippen LogP contribution in [-0.2, 0) is 48.4 Å². The smallest absolute Gasteiger partial charge is 0.408 e. The van der Waals surface area contributed by atoms with Crippen LogP contribution in [0.25, 0.3) is 0 Å². The number of nitrogens with one attached hydrogen (secondary N) is 2. The summed E-state index contributed by atoms with van der Waals surface area (Å²) in [6, 6.07) is 25.6. The van der Waals surface area contributed by atoms with Crippen molar-refractivity contribution < 1.29 is 42.1 Å². The van der Waals surface area contributed by atoms with Crippen molar-refractivity contribution in [1.29, 1.82) is 0 Å². The molecule has 11 heteroatoms. The number of rotatable bonds is 18. The first-order valence-corrected chi connectivity index (χ1v) is 18.4. The third kappa shape index (κ3) is 11.4. The van der Waals surface area contributed by atoms with Crippen LogP contribution in [0.4, 0.5) is 13.6 Å². The molecule has 0 saturated carbocycles. The lowest BCUT2D eigenvalue weighted by atomic mass is 9.75. The summed E-state index contributed by atoms with van der Waals surface area (Å²) in [6.07, 6.45) is -4.91. The maximum absolute atomic E-state index is 17.3. The van der Waals surface area contributed by atoms with Gasteiger partial charge in [0.1, 0.15) is 12.7 Å². The van der Waals surface area contributed by atoms with Crippen LogP contribution in [0, 0.1) is 11.8 Å². The van der Waals surface area contributed by atoms with Crippen LogP contribution in [-0.4, -0.2) is 59.7 Å². The Balaban J connectivity index is 1.66. The standard InChI is InChI=1S/C42H54F2N2O7/c1-7-36-30(5)37(50-25-31-17-11-8-12-18-31)38(51-26-32-19-13-9-14-20-32)41(6,53-36)42(43,44)24-34(35(47)23-29(4)39(48)45-28(2)3)46-40(49)52-27-33-21-15-10-16-22-33/h8-22,28-30,34,36-38H,7,23-27H2,1-6H3,(H,45,48)(H,46,49)/t29-,30+,34?,36-,37+,38-,41-/m1/s1. The van der Waals surface area contributed by atoms with Crippen molar-refractivity contribution >= 4 is 17.8 Å². The first-order chi connectivity index (χ1) is 25.2. The Labute approximate surface area is 312 Å². The molecule has 0 spiro atoms. The molecule has 2 amide bonds. The number of benzene rings is 3. The Morgan fingerprint density at radius 3 is 1.83 bits per heavy atom. The Kier molecular flexibility index (Phi) is 15.1. The molecular formula is C42H54F2N2O7. The van der Waals surface area contributed by atoms with Crippen LogP contribution in [0.5, 0.6) is 0 Å². The third-order valence-electron chi connectivity index (χ3n) is 9.77. The molecule has 1 heterocycles. The van der Waals surface area contributed by atoms with Gasteiger partial charge in [0.15, 0.2) is 11.4 Å². The van der Waals surface area contributed by atoms with Crippen LogP contribution >= 0.6 is 0 Å². The second-order valence-electron chi connectivity index (χ2n) is 14.4. The second-order valence-corrected chi connectivity index (χ2v) is 14.4. The summed E-state index contributed by atoms with van der Waals surface area (Å²) in [5.41, 5.74) is 0.00639.